The van der Waals surface area contributed by atoms with Crippen LogP contribution in [0.1, 0.15) is 76.8 Å². The predicted octanol–water partition coefficient (Wildman–Crippen LogP) is 4.79. The molecule has 0 saturated carbocycles. The summed E-state index contributed by atoms with van der Waals surface area (Å²) in [5.74, 6) is -0.231. The summed E-state index contributed by atoms with van der Waals surface area (Å²) in [6, 6.07) is 13.4. The molecule has 1 atom stereocenters. The number of aliphatic hydroxyl groups is 1. The smallest absolute Gasteiger partial charge is 0.354 e. The van der Waals surface area contributed by atoms with Crippen LogP contribution in [0.25, 0.3) is 16.7 Å². The highest BCUT2D eigenvalue weighted by Crippen LogP contribution is 2.31. The Morgan fingerprint density at radius 3 is 2.36 bits per heavy atom. The molecule has 4 aromatic rings. The van der Waals surface area contributed by atoms with Crippen molar-refractivity contribution in [3.63, 3.8) is 0 Å². The third-order valence-electron chi connectivity index (χ3n) is 7.60. The SMILES string of the molecule is CC(C)(C)c1cc(CCC(O)CN)cc(Cl)c1F.CC(C)(C)c1cc2cn(-c3ccc(CNCCCN=C(N)N)cc3)c(=O)nc2[nH]1. The molecule has 47 heavy (non-hydrogen) atoms. The molecule has 10 nitrogen and oxygen atoms in total. The molecular weight excluding hydrogens is 619 g/mol. The van der Waals surface area contributed by atoms with Crippen LogP contribution in [0.3, 0.4) is 0 Å². The molecule has 9 N–H and O–H groups in total. The van der Waals surface area contributed by atoms with Gasteiger partial charge in [-0.1, -0.05) is 71.3 Å². The van der Waals surface area contributed by atoms with Crippen molar-refractivity contribution < 1.29 is 9.50 Å². The van der Waals surface area contributed by atoms with Crippen LogP contribution in [-0.4, -0.2) is 51.3 Å². The fourth-order valence-corrected chi connectivity index (χ4v) is 5.03. The summed E-state index contributed by atoms with van der Waals surface area (Å²) < 4.78 is 15.5. The maximum Gasteiger partial charge on any atom is 0.354 e. The number of aromatic nitrogens is 3. The first kappa shape index (κ1) is 37.7. The average Bonchev–Trinajstić information content (AvgIpc) is 3.42. The molecule has 2 heterocycles. The van der Waals surface area contributed by atoms with Crippen molar-refractivity contribution in [1.29, 1.82) is 0 Å². The largest absolute Gasteiger partial charge is 0.392 e. The van der Waals surface area contributed by atoms with E-state index in [0.717, 1.165) is 47.4 Å². The molecule has 0 aliphatic carbocycles. The first-order valence-corrected chi connectivity index (χ1v) is 16.2. The molecule has 2 aromatic carbocycles. The number of aliphatic hydroxyl groups excluding tert-OH is 1. The Hall–Kier alpha value is -3.77. The summed E-state index contributed by atoms with van der Waals surface area (Å²) in [5, 5.41) is 13.8. The molecule has 12 heteroatoms. The van der Waals surface area contributed by atoms with E-state index in [1.807, 2.05) is 57.3 Å². The quantitative estimate of drug-likeness (QED) is 0.0757. The van der Waals surface area contributed by atoms with Gasteiger partial charge in [-0.15, -0.1) is 0 Å². The number of hydrogen-bond acceptors (Lipinski definition) is 6. The van der Waals surface area contributed by atoms with Crippen molar-refractivity contribution in [3.05, 3.63) is 92.4 Å². The molecule has 0 saturated heterocycles. The van der Waals surface area contributed by atoms with Gasteiger partial charge in [-0.3, -0.25) is 9.56 Å². The number of aryl methyl sites for hydroxylation is 1. The summed E-state index contributed by atoms with van der Waals surface area (Å²) in [5.41, 5.74) is 20.5. The molecule has 0 aliphatic rings. The minimum Gasteiger partial charge on any atom is -0.392 e. The lowest BCUT2D eigenvalue weighted by Crippen LogP contribution is -2.23. The summed E-state index contributed by atoms with van der Waals surface area (Å²) in [6.07, 6.45) is 3.38. The van der Waals surface area contributed by atoms with E-state index in [1.165, 1.54) is 0 Å². The number of nitrogens with one attached hydrogen (secondary N) is 2. The number of hydrogen-bond donors (Lipinski definition) is 6. The third-order valence-corrected chi connectivity index (χ3v) is 7.88. The Labute approximate surface area is 281 Å². The standard InChI is InChI=1S/C21H29N7O.C14H21ClFNO/c1-21(2,3)17-11-15-13-28(20(29)27-18(15)26-17)16-7-5-14(6-8-16)12-24-9-4-10-25-19(22)23;1-14(2,3)11-6-9(4-5-10(18)8-17)7-12(15)13(11)16/h5-8,11,13,24H,4,9-10,12H2,1-3H3,(H4,22,23,25)(H,26,27,29);6-7,10,18H,4-5,8,17H2,1-3H3. The van der Waals surface area contributed by atoms with Crippen LogP contribution in [0.15, 0.2) is 58.4 Å². The Balaban J connectivity index is 0.000000287. The van der Waals surface area contributed by atoms with Crippen LogP contribution >= 0.6 is 11.6 Å². The van der Waals surface area contributed by atoms with Gasteiger partial charge in [-0.25, -0.2) is 9.18 Å². The lowest BCUT2D eigenvalue weighted by Gasteiger charge is -2.21. The van der Waals surface area contributed by atoms with E-state index in [-0.39, 0.29) is 39.9 Å². The lowest BCUT2D eigenvalue weighted by atomic mass is 9.85. The number of aromatic amines is 1. The van der Waals surface area contributed by atoms with Gasteiger partial charge >= 0.3 is 5.69 Å². The Bertz CT molecular complexity index is 1700. The van der Waals surface area contributed by atoms with Gasteiger partial charge in [0.15, 0.2) is 5.96 Å². The fraction of sp³-hybridized carbons (Fsp3) is 0.457. The Kier molecular flexibility index (Phi) is 13.1. The summed E-state index contributed by atoms with van der Waals surface area (Å²) in [6.45, 7) is 14.6. The summed E-state index contributed by atoms with van der Waals surface area (Å²) >= 11 is 5.91. The molecule has 0 fully saturated rings. The van der Waals surface area contributed by atoms with E-state index in [1.54, 1.807) is 10.6 Å². The van der Waals surface area contributed by atoms with Crippen LogP contribution in [0.5, 0.6) is 0 Å². The molecule has 1 unspecified atom stereocenters. The minimum absolute atomic E-state index is 0.0352. The van der Waals surface area contributed by atoms with E-state index < -0.39 is 6.10 Å². The number of fused-ring (bicyclic) bond motifs is 1. The van der Waals surface area contributed by atoms with Crippen LogP contribution in [0.4, 0.5) is 4.39 Å². The van der Waals surface area contributed by atoms with Crippen molar-refractivity contribution in [3.8, 4) is 5.69 Å². The molecule has 256 valence electrons. The van der Waals surface area contributed by atoms with Crippen LogP contribution in [0, 0.1) is 5.82 Å². The van der Waals surface area contributed by atoms with E-state index in [0.29, 0.717) is 30.6 Å². The van der Waals surface area contributed by atoms with E-state index in [2.05, 4.69) is 47.1 Å². The fourth-order valence-electron chi connectivity index (χ4n) is 4.79. The van der Waals surface area contributed by atoms with Gasteiger partial charge < -0.3 is 32.6 Å². The Morgan fingerprint density at radius 1 is 1.09 bits per heavy atom. The van der Waals surface area contributed by atoms with Gasteiger partial charge in [0.05, 0.1) is 16.8 Å². The predicted molar refractivity (Wildman–Crippen MR) is 191 cm³/mol. The van der Waals surface area contributed by atoms with Crippen LogP contribution in [-0.2, 0) is 23.8 Å². The van der Waals surface area contributed by atoms with Gasteiger partial charge in [0.25, 0.3) is 0 Å². The average molecular weight is 669 g/mol. The molecular formula is C35H50ClFN8O2. The maximum atomic E-state index is 13.9. The number of nitrogens with zero attached hydrogens (tertiary/aromatic N) is 3. The molecule has 0 bridgehead atoms. The van der Waals surface area contributed by atoms with Gasteiger partial charge in [0.2, 0.25) is 0 Å². The topological polar surface area (TPSA) is 173 Å². The van der Waals surface area contributed by atoms with Crippen molar-refractivity contribution in [2.45, 2.75) is 84.3 Å². The summed E-state index contributed by atoms with van der Waals surface area (Å²) in [4.78, 5) is 23.9. The molecule has 0 aliphatic heterocycles. The Morgan fingerprint density at radius 2 is 1.77 bits per heavy atom. The zero-order chi connectivity index (χ0) is 34.9. The molecule has 0 spiro atoms. The maximum absolute atomic E-state index is 13.9. The molecule has 4 rings (SSSR count). The van der Waals surface area contributed by atoms with Crippen LogP contribution < -0.4 is 28.2 Å². The number of nitrogens with two attached hydrogens (primary N) is 3. The normalized spacial score (nSPS) is 12.5. The van der Waals surface area contributed by atoms with E-state index >= 15 is 0 Å². The number of rotatable bonds is 11. The number of H-pyrrole nitrogens is 1. The van der Waals surface area contributed by atoms with Crippen molar-refractivity contribution >= 4 is 28.6 Å². The van der Waals surface area contributed by atoms with Gasteiger partial charge in [0.1, 0.15) is 11.5 Å². The highest BCUT2D eigenvalue weighted by Gasteiger charge is 2.21. The summed E-state index contributed by atoms with van der Waals surface area (Å²) in [7, 11) is 0. The van der Waals surface area contributed by atoms with Crippen molar-refractivity contribution in [2.24, 2.45) is 22.2 Å². The van der Waals surface area contributed by atoms with Gasteiger partial charge in [-0.05, 0) is 72.2 Å². The zero-order valence-corrected chi connectivity index (χ0v) is 29.1. The number of halogens is 2. The van der Waals surface area contributed by atoms with Gasteiger partial charge in [-0.2, -0.15) is 4.98 Å². The second-order valence-corrected chi connectivity index (χ2v) is 14.2. The number of aliphatic imine (C=N–C) groups is 1. The number of guanidine groups is 1. The van der Waals surface area contributed by atoms with Crippen LogP contribution in [0.2, 0.25) is 5.02 Å². The monoisotopic (exact) mass is 668 g/mol. The molecule has 2 aromatic heterocycles. The second kappa shape index (κ2) is 16.4. The molecule has 0 radical (unpaired) electrons. The molecule has 0 amide bonds. The highest BCUT2D eigenvalue weighted by molar-refractivity contribution is 6.30. The van der Waals surface area contributed by atoms with E-state index in [4.69, 9.17) is 28.8 Å². The number of benzene rings is 2. The highest BCUT2D eigenvalue weighted by atomic mass is 35.5. The second-order valence-electron chi connectivity index (χ2n) is 13.8. The van der Waals surface area contributed by atoms with Gasteiger partial charge in [0, 0.05) is 42.3 Å². The third kappa shape index (κ3) is 11.2. The first-order valence-electron chi connectivity index (χ1n) is 15.8. The minimum atomic E-state index is -0.521. The van der Waals surface area contributed by atoms with Crippen molar-refractivity contribution in [1.82, 2.24) is 19.9 Å². The van der Waals surface area contributed by atoms with Crippen molar-refractivity contribution in [2.75, 3.05) is 19.6 Å². The first-order chi connectivity index (χ1) is 22.0. The lowest BCUT2D eigenvalue weighted by molar-refractivity contribution is 0.173. The zero-order valence-electron chi connectivity index (χ0n) is 28.3. The van der Waals surface area contributed by atoms with E-state index in [9.17, 15) is 14.3 Å².